The summed E-state index contributed by atoms with van der Waals surface area (Å²) in [7, 11) is -3.89. The zero-order valence-corrected chi connectivity index (χ0v) is 18.7. The second-order valence-corrected chi connectivity index (χ2v) is 10.4. The molecule has 0 spiro atoms. The number of hydrogen-bond donors (Lipinski definition) is 1. The molecule has 1 N–H and O–H groups in total. The normalized spacial score (nSPS) is 25.5. The van der Waals surface area contributed by atoms with Gasteiger partial charge < -0.3 is 13.9 Å². The molecule has 32 heavy (non-hydrogen) atoms. The van der Waals surface area contributed by atoms with E-state index in [-0.39, 0.29) is 34.6 Å². The van der Waals surface area contributed by atoms with E-state index in [0.717, 1.165) is 25.3 Å². The van der Waals surface area contributed by atoms with Gasteiger partial charge in [-0.15, -0.1) is 0 Å². The SMILES string of the molecule is COc1cc2c(=O)c(C#N)c[nH]c2cc1OS(=O)(=O)C1(C)CCC(C(C)C)C(F)C1(F)F. The monoisotopic (exact) mass is 472 g/mol. The van der Waals surface area contributed by atoms with Crippen molar-refractivity contribution < 1.29 is 30.5 Å². The van der Waals surface area contributed by atoms with E-state index in [0.29, 0.717) is 0 Å². The Morgan fingerprint density at radius 3 is 2.50 bits per heavy atom. The Kier molecular flexibility index (Phi) is 5.97. The number of pyridine rings is 1. The number of nitrogens with one attached hydrogen (secondary N) is 1. The van der Waals surface area contributed by atoms with Crippen molar-refractivity contribution in [3.8, 4) is 17.6 Å². The summed E-state index contributed by atoms with van der Waals surface area (Å²) in [5.74, 6) is -6.23. The summed E-state index contributed by atoms with van der Waals surface area (Å²) in [6.07, 6.45) is -2.07. The molecule has 7 nitrogen and oxygen atoms in total. The standard InChI is InChI=1S/C21H23F3N2O5S/c1-11(2)13-5-6-20(3,21(23,24)19(13)22)32(28,29)31-17-8-15-14(7-16(17)30-4)18(27)12(9-25)10-26-15/h7-8,10-11,13,19H,5-6H2,1-4H3,(H,26,27). The third kappa shape index (κ3) is 3.50. The summed E-state index contributed by atoms with van der Waals surface area (Å²) in [4.78, 5) is 15.0. The topological polar surface area (TPSA) is 109 Å². The average molecular weight is 472 g/mol. The van der Waals surface area contributed by atoms with Crippen molar-refractivity contribution in [3.63, 3.8) is 0 Å². The highest BCUT2D eigenvalue weighted by atomic mass is 32.2. The van der Waals surface area contributed by atoms with Crippen molar-refractivity contribution in [2.45, 2.75) is 50.5 Å². The highest BCUT2D eigenvalue weighted by Crippen LogP contribution is 2.52. The molecule has 3 unspecified atom stereocenters. The van der Waals surface area contributed by atoms with Crippen molar-refractivity contribution in [1.82, 2.24) is 4.98 Å². The minimum absolute atomic E-state index is 0.0171. The maximum absolute atomic E-state index is 15.1. The van der Waals surface area contributed by atoms with Crippen LogP contribution in [0.15, 0.2) is 23.1 Å². The Morgan fingerprint density at radius 2 is 1.94 bits per heavy atom. The zero-order chi connectivity index (χ0) is 24.1. The first kappa shape index (κ1) is 23.9. The minimum Gasteiger partial charge on any atom is -0.493 e. The van der Waals surface area contributed by atoms with E-state index in [1.807, 2.05) is 0 Å². The number of hydrogen-bond acceptors (Lipinski definition) is 6. The number of H-pyrrole nitrogens is 1. The number of nitriles is 1. The lowest BCUT2D eigenvalue weighted by atomic mass is 9.73. The molecule has 0 radical (unpaired) electrons. The maximum atomic E-state index is 15.1. The average Bonchev–Trinajstić information content (AvgIpc) is 2.71. The lowest BCUT2D eigenvalue weighted by Crippen LogP contribution is -2.63. The Morgan fingerprint density at radius 1 is 1.28 bits per heavy atom. The summed E-state index contributed by atoms with van der Waals surface area (Å²) in [6, 6.07) is 3.97. The molecule has 174 valence electrons. The number of ether oxygens (including phenoxy) is 1. The van der Waals surface area contributed by atoms with Crippen LogP contribution in [0.5, 0.6) is 11.5 Å². The van der Waals surface area contributed by atoms with Crippen LogP contribution in [0.1, 0.15) is 39.2 Å². The predicted molar refractivity (Wildman–Crippen MR) is 111 cm³/mol. The second-order valence-electron chi connectivity index (χ2n) is 8.43. The van der Waals surface area contributed by atoms with Crippen LogP contribution in [0.4, 0.5) is 13.2 Å². The van der Waals surface area contributed by atoms with Gasteiger partial charge in [0, 0.05) is 12.3 Å². The fraction of sp³-hybridized carbons (Fsp3) is 0.524. The quantitative estimate of drug-likeness (QED) is 0.661. The molecule has 1 heterocycles. The Bertz CT molecular complexity index is 1250. The first-order valence-corrected chi connectivity index (χ1v) is 11.3. The van der Waals surface area contributed by atoms with Crippen LogP contribution in [-0.4, -0.2) is 37.4 Å². The molecule has 3 atom stereocenters. The van der Waals surface area contributed by atoms with Gasteiger partial charge in [-0.2, -0.15) is 13.7 Å². The molecule has 0 aliphatic heterocycles. The second kappa shape index (κ2) is 7.99. The number of methoxy groups -OCH3 is 1. The summed E-state index contributed by atoms with van der Waals surface area (Å²) < 4.78 is 78.3. The van der Waals surface area contributed by atoms with Crippen LogP contribution in [0.3, 0.4) is 0 Å². The number of nitrogens with zero attached hydrogens (tertiary/aromatic N) is 1. The first-order chi connectivity index (χ1) is 14.8. The number of aromatic amines is 1. The first-order valence-electron chi connectivity index (χ1n) is 9.90. The molecular formula is C21H23F3N2O5S. The molecule has 3 rings (SSSR count). The Hall–Kier alpha value is -2.74. The van der Waals surface area contributed by atoms with Gasteiger partial charge in [-0.3, -0.25) is 4.79 Å². The van der Waals surface area contributed by atoms with E-state index in [9.17, 15) is 17.6 Å². The van der Waals surface area contributed by atoms with Crippen LogP contribution in [-0.2, 0) is 10.1 Å². The van der Waals surface area contributed by atoms with Crippen LogP contribution < -0.4 is 14.3 Å². The zero-order valence-electron chi connectivity index (χ0n) is 17.9. The van der Waals surface area contributed by atoms with Gasteiger partial charge >= 0.3 is 16.0 Å². The number of aromatic nitrogens is 1. The highest BCUT2D eigenvalue weighted by Gasteiger charge is 2.68. The lowest BCUT2D eigenvalue weighted by molar-refractivity contribution is -0.151. The Labute approximate surface area is 183 Å². The molecule has 1 fully saturated rings. The van der Waals surface area contributed by atoms with E-state index in [2.05, 4.69) is 4.98 Å². The molecule has 11 heteroatoms. The smallest absolute Gasteiger partial charge is 0.321 e. The fourth-order valence-corrected chi connectivity index (χ4v) is 5.39. The summed E-state index contributed by atoms with van der Waals surface area (Å²) >= 11 is 0. The molecule has 1 aliphatic rings. The number of halogens is 3. The molecule has 1 saturated carbocycles. The van der Waals surface area contributed by atoms with Crippen molar-refractivity contribution in [1.29, 1.82) is 5.26 Å². The third-order valence-electron chi connectivity index (χ3n) is 6.28. The fourth-order valence-electron chi connectivity index (χ4n) is 4.02. The molecule has 1 aliphatic carbocycles. The van der Waals surface area contributed by atoms with Crippen LogP contribution in [0.25, 0.3) is 10.9 Å². The van der Waals surface area contributed by atoms with Gasteiger partial charge in [0.1, 0.15) is 11.6 Å². The summed E-state index contributed by atoms with van der Waals surface area (Å²) in [5, 5.41) is 9.02. The van der Waals surface area contributed by atoms with Gasteiger partial charge in [-0.1, -0.05) is 13.8 Å². The van der Waals surface area contributed by atoms with Gasteiger partial charge in [0.15, 0.2) is 22.4 Å². The van der Waals surface area contributed by atoms with Crippen LogP contribution in [0.2, 0.25) is 0 Å². The summed E-state index contributed by atoms with van der Waals surface area (Å²) in [6.45, 7) is 4.00. The van der Waals surface area contributed by atoms with Crippen molar-refractivity contribution in [3.05, 3.63) is 34.1 Å². The minimum atomic E-state index is -5.06. The van der Waals surface area contributed by atoms with Crippen molar-refractivity contribution in [2.75, 3.05) is 7.11 Å². The van der Waals surface area contributed by atoms with E-state index in [1.54, 1.807) is 19.9 Å². The van der Waals surface area contributed by atoms with E-state index in [4.69, 9.17) is 14.2 Å². The van der Waals surface area contributed by atoms with Gasteiger partial charge in [0.2, 0.25) is 5.43 Å². The van der Waals surface area contributed by atoms with Crippen LogP contribution >= 0.6 is 0 Å². The maximum Gasteiger partial charge on any atom is 0.321 e. The van der Waals surface area contributed by atoms with Gasteiger partial charge in [0.25, 0.3) is 0 Å². The van der Waals surface area contributed by atoms with Gasteiger partial charge in [-0.05, 0) is 37.7 Å². The summed E-state index contributed by atoms with van der Waals surface area (Å²) in [5.41, 5.74) is -0.701. The van der Waals surface area contributed by atoms with Crippen molar-refractivity contribution in [2.24, 2.45) is 11.8 Å². The predicted octanol–water partition coefficient (Wildman–Crippen LogP) is 3.92. The van der Waals surface area contributed by atoms with Gasteiger partial charge in [0.05, 0.1) is 18.0 Å². The van der Waals surface area contributed by atoms with Gasteiger partial charge in [-0.25, -0.2) is 13.2 Å². The van der Waals surface area contributed by atoms with Crippen molar-refractivity contribution >= 4 is 21.0 Å². The molecule has 0 saturated heterocycles. The molecule has 1 aromatic heterocycles. The van der Waals surface area contributed by atoms with E-state index >= 15 is 8.78 Å². The Balaban J connectivity index is 2.08. The largest absolute Gasteiger partial charge is 0.493 e. The third-order valence-corrected chi connectivity index (χ3v) is 8.25. The number of rotatable bonds is 5. The van der Waals surface area contributed by atoms with E-state index < -0.39 is 50.5 Å². The number of fused-ring (bicyclic) bond motifs is 1. The number of benzene rings is 1. The highest BCUT2D eigenvalue weighted by molar-refractivity contribution is 7.88. The molecule has 0 amide bonds. The van der Waals surface area contributed by atoms with Crippen LogP contribution in [0, 0.1) is 23.2 Å². The molecule has 1 aromatic carbocycles. The van der Waals surface area contributed by atoms with E-state index in [1.165, 1.54) is 7.11 Å². The number of alkyl halides is 3. The molecule has 0 bridgehead atoms. The molecule has 2 aromatic rings. The lowest BCUT2D eigenvalue weighted by Gasteiger charge is -2.45. The molecular weight excluding hydrogens is 449 g/mol.